The monoisotopic (exact) mass is 253 g/mol. The van der Waals surface area contributed by atoms with Gasteiger partial charge in [0.2, 0.25) is 0 Å². The molecule has 82 valence electrons. The van der Waals surface area contributed by atoms with E-state index >= 15 is 0 Å². The Morgan fingerprint density at radius 3 is 2.62 bits per heavy atom. The average molecular weight is 254 g/mol. The first-order valence-electron chi connectivity index (χ1n) is 4.59. The molecule has 3 N–H and O–H groups in total. The minimum atomic E-state index is 0.493. The number of aromatic nitrogens is 1. The maximum absolute atomic E-state index is 5.86. The molecule has 0 atom stereocenters. The van der Waals surface area contributed by atoms with Crippen molar-refractivity contribution in [2.45, 2.75) is 0 Å². The predicted molar refractivity (Wildman–Crippen MR) is 68.4 cm³/mol. The number of anilines is 3. The highest BCUT2D eigenvalue weighted by Crippen LogP contribution is 2.24. The number of halogens is 2. The highest BCUT2D eigenvalue weighted by molar-refractivity contribution is 6.31. The Hall–Kier alpha value is -1.45. The number of nitrogens with two attached hydrogens (primary N) is 1. The lowest BCUT2D eigenvalue weighted by atomic mass is 10.3. The number of benzene rings is 1. The molecule has 0 fully saturated rings. The van der Waals surface area contributed by atoms with Crippen molar-refractivity contribution in [3.8, 4) is 0 Å². The molecule has 0 bridgehead atoms. The van der Waals surface area contributed by atoms with Gasteiger partial charge in [-0.3, -0.25) is 0 Å². The first kappa shape index (κ1) is 11.0. The van der Waals surface area contributed by atoms with Crippen molar-refractivity contribution in [3.05, 3.63) is 46.6 Å². The number of nitrogen functional groups attached to an aromatic ring is 1. The van der Waals surface area contributed by atoms with Gasteiger partial charge in [0.15, 0.2) is 5.82 Å². The Bertz CT molecular complexity index is 514. The number of pyridine rings is 1. The van der Waals surface area contributed by atoms with Crippen LogP contribution in [-0.2, 0) is 0 Å². The summed E-state index contributed by atoms with van der Waals surface area (Å²) in [6.45, 7) is 0. The summed E-state index contributed by atoms with van der Waals surface area (Å²) in [5.74, 6) is 0.562. The van der Waals surface area contributed by atoms with Crippen molar-refractivity contribution < 1.29 is 0 Å². The molecule has 1 heterocycles. The molecule has 1 aromatic heterocycles. The van der Waals surface area contributed by atoms with E-state index in [-0.39, 0.29) is 0 Å². The van der Waals surface area contributed by atoms with Gasteiger partial charge in [-0.2, -0.15) is 0 Å². The number of hydrogen-bond donors (Lipinski definition) is 2. The fourth-order valence-electron chi connectivity index (χ4n) is 1.26. The Morgan fingerprint density at radius 2 is 1.94 bits per heavy atom. The molecule has 16 heavy (non-hydrogen) atoms. The Labute approximate surface area is 103 Å². The fraction of sp³-hybridized carbons (Fsp3) is 0. The first-order valence-corrected chi connectivity index (χ1v) is 5.34. The molecule has 0 aliphatic heterocycles. The van der Waals surface area contributed by atoms with E-state index in [4.69, 9.17) is 28.9 Å². The summed E-state index contributed by atoms with van der Waals surface area (Å²) in [5, 5.41) is 4.22. The fourth-order valence-corrected chi connectivity index (χ4v) is 1.62. The minimum absolute atomic E-state index is 0.493. The second-order valence-corrected chi connectivity index (χ2v) is 4.10. The molecule has 2 aromatic rings. The molecule has 0 unspecified atom stereocenters. The second-order valence-electron chi connectivity index (χ2n) is 3.23. The van der Waals surface area contributed by atoms with Gasteiger partial charge in [-0.15, -0.1) is 0 Å². The van der Waals surface area contributed by atoms with Crippen LogP contribution in [0.1, 0.15) is 0 Å². The lowest BCUT2D eigenvalue weighted by Crippen LogP contribution is -1.98. The second kappa shape index (κ2) is 4.60. The van der Waals surface area contributed by atoms with Crippen LogP contribution in [0.4, 0.5) is 17.2 Å². The third-order valence-corrected chi connectivity index (χ3v) is 2.41. The number of nitrogens with one attached hydrogen (secondary N) is 1. The standard InChI is InChI=1S/C11H9Cl2N3/c12-7-2-1-3-9(4-7)16-11-10(14)5-8(13)6-15-11/h1-6H,14H2,(H,15,16). The van der Waals surface area contributed by atoms with E-state index in [2.05, 4.69) is 10.3 Å². The van der Waals surface area contributed by atoms with Gasteiger partial charge in [0.05, 0.1) is 10.7 Å². The molecule has 2 rings (SSSR count). The van der Waals surface area contributed by atoms with Crippen LogP contribution in [0.2, 0.25) is 10.0 Å². The zero-order chi connectivity index (χ0) is 11.5. The quantitative estimate of drug-likeness (QED) is 0.858. The van der Waals surface area contributed by atoms with Crippen molar-refractivity contribution in [2.75, 3.05) is 11.1 Å². The van der Waals surface area contributed by atoms with Crippen LogP contribution in [0.25, 0.3) is 0 Å². The zero-order valence-electron chi connectivity index (χ0n) is 8.24. The van der Waals surface area contributed by atoms with Crippen LogP contribution in [0, 0.1) is 0 Å². The highest BCUT2D eigenvalue weighted by Gasteiger charge is 2.02. The zero-order valence-corrected chi connectivity index (χ0v) is 9.76. The number of rotatable bonds is 2. The first-order chi connectivity index (χ1) is 7.65. The van der Waals surface area contributed by atoms with E-state index in [1.54, 1.807) is 18.2 Å². The molecular weight excluding hydrogens is 245 g/mol. The maximum atomic E-state index is 5.86. The lowest BCUT2D eigenvalue weighted by Gasteiger charge is -2.08. The lowest BCUT2D eigenvalue weighted by molar-refractivity contribution is 1.31. The SMILES string of the molecule is Nc1cc(Cl)cnc1Nc1cccc(Cl)c1. The van der Waals surface area contributed by atoms with Crippen LogP contribution in [0.3, 0.4) is 0 Å². The van der Waals surface area contributed by atoms with E-state index in [9.17, 15) is 0 Å². The van der Waals surface area contributed by atoms with Crippen molar-refractivity contribution in [1.29, 1.82) is 0 Å². The normalized spacial score (nSPS) is 10.1. The van der Waals surface area contributed by atoms with Crippen LogP contribution in [0.15, 0.2) is 36.5 Å². The largest absolute Gasteiger partial charge is 0.396 e. The minimum Gasteiger partial charge on any atom is -0.396 e. The van der Waals surface area contributed by atoms with Crippen LogP contribution in [-0.4, -0.2) is 4.98 Å². The molecule has 3 nitrogen and oxygen atoms in total. The van der Waals surface area contributed by atoms with Crippen LogP contribution >= 0.6 is 23.2 Å². The van der Waals surface area contributed by atoms with Crippen molar-refractivity contribution >= 4 is 40.4 Å². The van der Waals surface area contributed by atoms with E-state index in [0.29, 0.717) is 21.6 Å². The Balaban J connectivity index is 2.27. The number of hydrogen-bond acceptors (Lipinski definition) is 3. The van der Waals surface area contributed by atoms with Crippen LogP contribution in [0.5, 0.6) is 0 Å². The Kier molecular flexibility index (Phi) is 3.17. The van der Waals surface area contributed by atoms with Gasteiger partial charge in [0.1, 0.15) is 0 Å². The van der Waals surface area contributed by atoms with Gasteiger partial charge in [-0.1, -0.05) is 29.3 Å². The molecule has 0 aliphatic carbocycles. The molecule has 1 aromatic carbocycles. The van der Waals surface area contributed by atoms with Crippen molar-refractivity contribution in [3.63, 3.8) is 0 Å². The molecule has 0 radical (unpaired) electrons. The average Bonchev–Trinajstić information content (AvgIpc) is 2.22. The van der Waals surface area contributed by atoms with Gasteiger partial charge in [-0.25, -0.2) is 4.98 Å². The van der Waals surface area contributed by atoms with Gasteiger partial charge in [-0.05, 0) is 24.3 Å². The van der Waals surface area contributed by atoms with Gasteiger partial charge in [0.25, 0.3) is 0 Å². The van der Waals surface area contributed by atoms with E-state index in [0.717, 1.165) is 5.69 Å². The van der Waals surface area contributed by atoms with E-state index in [1.165, 1.54) is 6.20 Å². The summed E-state index contributed by atoms with van der Waals surface area (Å²) in [6.07, 6.45) is 1.53. The third-order valence-electron chi connectivity index (χ3n) is 1.97. The summed E-state index contributed by atoms with van der Waals surface area (Å²) < 4.78 is 0. The van der Waals surface area contributed by atoms with Crippen molar-refractivity contribution in [1.82, 2.24) is 4.98 Å². The third kappa shape index (κ3) is 2.56. The topological polar surface area (TPSA) is 50.9 Å². The summed E-state index contributed by atoms with van der Waals surface area (Å²) in [7, 11) is 0. The maximum Gasteiger partial charge on any atom is 0.153 e. The van der Waals surface area contributed by atoms with Gasteiger partial charge < -0.3 is 11.1 Å². The summed E-state index contributed by atoms with van der Waals surface area (Å²) in [5.41, 5.74) is 7.09. The van der Waals surface area contributed by atoms with Gasteiger partial charge >= 0.3 is 0 Å². The molecular formula is C11H9Cl2N3. The molecule has 0 saturated carbocycles. The molecule has 0 spiro atoms. The summed E-state index contributed by atoms with van der Waals surface area (Å²) in [4.78, 5) is 4.09. The summed E-state index contributed by atoms with van der Waals surface area (Å²) in [6, 6.07) is 8.95. The van der Waals surface area contributed by atoms with Crippen LogP contribution < -0.4 is 11.1 Å². The Morgan fingerprint density at radius 1 is 1.12 bits per heavy atom. The van der Waals surface area contributed by atoms with E-state index in [1.807, 2.05) is 12.1 Å². The predicted octanol–water partition coefficient (Wildman–Crippen LogP) is 3.71. The van der Waals surface area contributed by atoms with Gasteiger partial charge in [0, 0.05) is 16.9 Å². The smallest absolute Gasteiger partial charge is 0.153 e. The molecule has 5 heteroatoms. The van der Waals surface area contributed by atoms with Crippen molar-refractivity contribution in [2.24, 2.45) is 0 Å². The number of nitrogens with zero attached hydrogens (tertiary/aromatic N) is 1. The molecule has 0 aliphatic rings. The molecule has 0 saturated heterocycles. The summed E-state index contributed by atoms with van der Waals surface area (Å²) >= 11 is 11.6. The molecule has 0 amide bonds. The van der Waals surface area contributed by atoms with E-state index < -0.39 is 0 Å². The highest BCUT2D eigenvalue weighted by atomic mass is 35.5.